The molecule has 5 heteroatoms. The molecular weight excluding hydrogens is 233 g/mol. The number of fused-ring (bicyclic) bond motifs is 1. The van der Waals surface area contributed by atoms with E-state index >= 15 is 0 Å². The SMILES string of the molecule is CC(C)(C)NC[C@H](O)c1cccc2c(F)[nH]nc12. The minimum atomic E-state index is -0.712. The lowest BCUT2D eigenvalue weighted by atomic mass is 10.0. The lowest BCUT2D eigenvalue weighted by molar-refractivity contribution is 0.164. The van der Waals surface area contributed by atoms with Gasteiger partial charge in [0.1, 0.15) is 5.52 Å². The molecule has 0 aliphatic rings. The van der Waals surface area contributed by atoms with E-state index in [1.165, 1.54) is 0 Å². The van der Waals surface area contributed by atoms with E-state index in [1.54, 1.807) is 18.2 Å². The molecule has 0 saturated carbocycles. The van der Waals surface area contributed by atoms with Gasteiger partial charge in [0, 0.05) is 17.6 Å². The van der Waals surface area contributed by atoms with E-state index < -0.39 is 12.1 Å². The van der Waals surface area contributed by atoms with Crippen molar-refractivity contribution < 1.29 is 9.50 Å². The highest BCUT2D eigenvalue weighted by Crippen LogP contribution is 2.24. The first-order valence-corrected chi connectivity index (χ1v) is 5.94. The Morgan fingerprint density at radius 1 is 1.44 bits per heavy atom. The molecule has 0 radical (unpaired) electrons. The molecule has 18 heavy (non-hydrogen) atoms. The maximum atomic E-state index is 13.3. The first-order valence-electron chi connectivity index (χ1n) is 5.94. The first kappa shape index (κ1) is 13.0. The molecule has 1 aromatic heterocycles. The molecule has 1 aromatic carbocycles. The zero-order valence-electron chi connectivity index (χ0n) is 10.8. The van der Waals surface area contributed by atoms with Crippen LogP contribution in [-0.4, -0.2) is 27.4 Å². The fraction of sp³-hybridized carbons (Fsp3) is 0.462. The van der Waals surface area contributed by atoms with E-state index in [2.05, 4.69) is 15.5 Å². The number of aliphatic hydroxyl groups excluding tert-OH is 1. The number of benzene rings is 1. The van der Waals surface area contributed by atoms with Gasteiger partial charge in [-0.3, -0.25) is 5.10 Å². The normalized spacial score (nSPS) is 14.1. The molecule has 1 atom stereocenters. The molecule has 98 valence electrons. The van der Waals surface area contributed by atoms with Gasteiger partial charge in [-0.2, -0.15) is 9.49 Å². The summed E-state index contributed by atoms with van der Waals surface area (Å²) in [4.78, 5) is 0. The number of halogens is 1. The van der Waals surface area contributed by atoms with Crippen LogP contribution >= 0.6 is 0 Å². The predicted molar refractivity (Wildman–Crippen MR) is 68.8 cm³/mol. The highest BCUT2D eigenvalue weighted by molar-refractivity contribution is 5.82. The summed E-state index contributed by atoms with van der Waals surface area (Å²) in [6, 6.07) is 5.12. The molecule has 2 rings (SSSR count). The molecule has 4 nitrogen and oxygen atoms in total. The van der Waals surface area contributed by atoms with Gasteiger partial charge in [-0.25, -0.2) is 0 Å². The quantitative estimate of drug-likeness (QED) is 0.783. The standard InChI is InChI=1S/C13H18FN3O/c1-13(2,3)15-7-10(18)8-5-4-6-9-11(8)16-17-12(9)14/h4-6,10,15,18H,7H2,1-3H3,(H,16,17)/t10-/m0/s1. The fourth-order valence-corrected chi connectivity index (χ4v) is 1.81. The topological polar surface area (TPSA) is 60.9 Å². The molecular formula is C13H18FN3O. The molecule has 3 N–H and O–H groups in total. The first-order chi connectivity index (χ1) is 8.38. The van der Waals surface area contributed by atoms with Crippen molar-refractivity contribution in [1.82, 2.24) is 15.5 Å². The summed E-state index contributed by atoms with van der Waals surface area (Å²) in [5, 5.41) is 20.0. The summed E-state index contributed by atoms with van der Waals surface area (Å²) < 4.78 is 13.3. The fourth-order valence-electron chi connectivity index (χ4n) is 1.81. The van der Waals surface area contributed by atoms with Crippen LogP contribution in [0.3, 0.4) is 0 Å². The van der Waals surface area contributed by atoms with E-state index in [4.69, 9.17) is 0 Å². The van der Waals surface area contributed by atoms with E-state index in [1.807, 2.05) is 20.8 Å². The monoisotopic (exact) mass is 251 g/mol. The molecule has 0 aliphatic carbocycles. The number of hydrogen-bond acceptors (Lipinski definition) is 3. The van der Waals surface area contributed by atoms with Gasteiger partial charge in [0.05, 0.1) is 11.5 Å². The minimum absolute atomic E-state index is 0.0777. The molecule has 0 spiro atoms. The van der Waals surface area contributed by atoms with Gasteiger partial charge in [-0.1, -0.05) is 12.1 Å². The van der Waals surface area contributed by atoms with Gasteiger partial charge < -0.3 is 10.4 Å². The number of hydrogen-bond donors (Lipinski definition) is 3. The summed E-state index contributed by atoms with van der Waals surface area (Å²) in [6.45, 7) is 6.47. The Labute approximate surface area is 105 Å². The van der Waals surface area contributed by atoms with Crippen molar-refractivity contribution in [1.29, 1.82) is 0 Å². The van der Waals surface area contributed by atoms with Gasteiger partial charge >= 0.3 is 0 Å². The highest BCUT2D eigenvalue weighted by atomic mass is 19.1. The van der Waals surface area contributed by atoms with Crippen LogP contribution in [-0.2, 0) is 0 Å². The third kappa shape index (κ3) is 2.68. The number of aromatic amines is 1. The van der Waals surface area contributed by atoms with Crippen LogP contribution in [0.15, 0.2) is 18.2 Å². The van der Waals surface area contributed by atoms with E-state index in [9.17, 15) is 9.50 Å². The second-order valence-electron chi connectivity index (χ2n) is 5.43. The van der Waals surface area contributed by atoms with Crippen LogP contribution in [0.2, 0.25) is 0 Å². The smallest absolute Gasteiger partial charge is 0.216 e. The van der Waals surface area contributed by atoms with Crippen LogP contribution in [0, 0.1) is 5.95 Å². The Hall–Kier alpha value is -1.46. The molecule has 0 unspecified atom stereocenters. The van der Waals surface area contributed by atoms with Crippen molar-refractivity contribution in [2.45, 2.75) is 32.4 Å². The summed E-state index contributed by atoms with van der Waals surface area (Å²) in [7, 11) is 0. The zero-order chi connectivity index (χ0) is 13.3. The average Bonchev–Trinajstić information content (AvgIpc) is 2.67. The van der Waals surface area contributed by atoms with Crippen molar-refractivity contribution in [2.75, 3.05) is 6.54 Å². The average molecular weight is 251 g/mol. The molecule has 0 aliphatic heterocycles. The number of aromatic nitrogens is 2. The Morgan fingerprint density at radius 3 is 2.83 bits per heavy atom. The van der Waals surface area contributed by atoms with E-state index in [0.717, 1.165) is 0 Å². The van der Waals surface area contributed by atoms with Crippen LogP contribution in [0.4, 0.5) is 4.39 Å². The van der Waals surface area contributed by atoms with Crippen molar-refractivity contribution in [3.05, 3.63) is 29.7 Å². The van der Waals surface area contributed by atoms with Crippen LogP contribution < -0.4 is 5.32 Å². The van der Waals surface area contributed by atoms with Crippen molar-refractivity contribution >= 4 is 10.9 Å². The number of β-amino-alcohol motifs (C(OH)–C–C–N with tert-alkyl or cyclic N) is 1. The van der Waals surface area contributed by atoms with Gasteiger partial charge in [0.15, 0.2) is 0 Å². The lowest BCUT2D eigenvalue weighted by Gasteiger charge is -2.23. The van der Waals surface area contributed by atoms with Gasteiger partial charge in [-0.15, -0.1) is 0 Å². The van der Waals surface area contributed by atoms with Crippen LogP contribution in [0.1, 0.15) is 32.4 Å². The number of nitrogens with zero attached hydrogens (tertiary/aromatic N) is 1. The van der Waals surface area contributed by atoms with Crippen molar-refractivity contribution in [2.24, 2.45) is 0 Å². The molecule has 0 bridgehead atoms. The minimum Gasteiger partial charge on any atom is -0.387 e. The number of para-hydroxylation sites is 1. The van der Waals surface area contributed by atoms with Crippen molar-refractivity contribution in [3.63, 3.8) is 0 Å². The zero-order valence-corrected chi connectivity index (χ0v) is 10.8. The van der Waals surface area contributed by atoms with E-state index in [-0.39, 0.29) is 5.54 Å². The molecule has 1 heterocycles. The lowest BCUT2D eigenvalue weighted by Crippen LogP contribution is -2.38. The Balaban J connectivity index is 2.25. The number of nitrogens with one attached hydrogen (secondary N) is 2. The third-order valence-corrected chi connectivity index (χ3v) is 2.75. The maximum Gasteiger partial charge on any atom is 0.216 e. The number of rotatable bonds is 3. The van der Waals surface area contributed by atoms with Gasteiger partial charge in [0.2, 0.25) is 5.95 Å². The van der Waals surface area contributed by atoms with Gasteiger partial charge in [-0.05, 0) is 26.8 Å². The molecule has 2 aromatic rings. The summed E-state index contributed by atoms with van der Waals surface area (Å²) in [5.74, 6) is -0.470. The third-order valence-electron chi connectivity index (χ3n) is 2.75. The number of H-pyrrole nitrogens is 1. The van der Waals surface area contributed by atoms with Crippen molar-refractivity contribution in [3.8, 4) is 0 Å². The summed E-state index contributed by atoms with van der Waals surface area (Å²) in [5.41, 5.74) is 1.04. The van der Waals surface area contributed by atoms with Gasteiger partial charge in [0.25, 0.3) is 0 Å². The summed E-state index contributed by atoms with van der Waals surface area (Å²) >= 11 is 0. The highest BCUT2D eigenvalue weighted by Gasteiger charge is 2.17. The second-order valence-corrected chi connectivity index (χ2v) is 5.43. The Morgan fingerprint density at radius 2 is 2.17 bits per heavy atom. The Bertz CT molecular complexity index is 545. The second kappa shape index (κ2) is 4.66. The van der Waals surface area contributed by atoms with E-state index in [0.29, 0.717) is 23.0 Å². The largest absolute Gasteiger partial charge is 0.387 e. The predicted octanol–water partition coefficient (Wildman–Crippen LogP) is 2.12. The maximum absolute atomic E-state index is 13.3. The van der Waals surface area contributed by atoms with Crippen LogP contribution in [0.25, 0.3) is 10.9 Å². The molecule has 0 amide bonds. The summed E-state index contributed by atoms with van der Waals surface area (Å²) in [6.07, 6.45) is -0.712. The number of aliphatic hydroxyl groups is 1. The van der Waals surface area contributed by atoms with Crippen LogP contribution in [0.5, 0.6) is 0 Å². The molecule has 0 fully saturated rings. The Kier molecular flexibility index (Phi) is 3.36. The molecule has 0 saturated heterocycles.